The first-order valence-electron chi connectivity index (χ1n) is 16.9. The zero-order valence-electron chi connectivity index (χ0n) is 27.0. The van der Waals surface area contributed by atoms with E-state index in [1.807, 2.05) is 36.4 Å². The fourth-order valence-corrected chi connectivity index (χ4v) is 7.38. The molecule has 4 heteroatoms. The highest BCUT2D eigenvalue weighted by molar-refractivity contribution is 6.10. The molecule has 10 rings (SSSR count). The van der Waals surface area contributed by atoms with E-state index < -0.39 is 0 Å². The lowest BCUT2D eigenvalue weighted by Gasteiger charge is -2.10. The molecule has 9 aromatic rings. The number of hydrogen-bond donors (Lipinski definition) is 0. The molecule has 0 N–H and O–H groups in total. The first kappa shape index (κ1) is 28.4. The fourth-order valence-electron chi connectivity index (χ4n) is 7.38. The zero-order chi connectivity index (χ0) is 33.0. The van der Waals surface area contributed by atoms with Gasteiger partial charge in [-0.3, -0.25) is 0 Å². The third-order valence-electron chi connectivity index (χ3n) is 9.79. The van der Waals surface area contributed by atoms with Gasteiger partial charge >= 0.3 is 0 Å². The molecule has 1 aliphatic rings. The van der Waals surface area contributed by atoms with Crippen LogP contribution in [-0.4, -0.2) is 15.0 Å². The Kier molecular flexibility index (Phi) is 6.53. The summed E-state index contributed by atoms with van der Waals surface area (Å²) in [5, 5.41) is 2.15. The van der Waals surface area contributed by atoms with E-state index in [1.165, 1.54) is 33.4 Å². The summed E-state index contributed by atoms with van der Waals surface area (Å²) in [4.78, 5) is 15.1. The highest BCUT2D eigenvalue weighted by atomic mass is 16.3. The van der Waals surface area contributed by atoms with Crippen LogP contribution < -0.4 is 0 Å². The van der Waals surface area contributed by atoms with Crippen molar-refractivity contribution >= 4 is 21.9 Å². The minimum absolute atomic E-state index is 0.606. The molecule has 7 aromatic carbocycles. The van der Waals surface area contributed by atoms with Crippen molar-refractivity contribution in [2.45, 2.75) is 6.42 Å². The molecule has 0 bridgehead atoms. The van der Waals surface area contributed by atoms with Crippen molar-refractivity contribution in [2.24, 2.45) is 0 Å². The summed E-state index contributed by atoms with van der Waals surface area (Å²) >= 11 is 0. The van der Waals surface area contributed by atoms with Crippen molar-refractivity contribution in [3.63, 3.8) is 0 Å². The van der Waals surface area contributed by atoms with Gasteiger partial charge in [-0.25, -0.2) is 15.0 Å². The molecule has 0 spiro atoms. The first-order chi connectivity index (χ1) is 24.8. The molecule has 0 atom stereocenters. The second-order valence-corrected chi connectivity index (χ2v) is 12.8. The van der Waals surface area contributed by atoms with Crippen LogP contribution in [0.15, 0.2) is 168 Å². The van der Waals surface area contributed by atoms with Gasteiger partial charge in [0.05, 0.1) is 0 Å². The third-order valence-corrected chi connectivity index (χ3v) is 9.79. The normalized spacial score (nSPS) is 11.9. The van der Waals surface area contributed by atoms with Crippen molar-refractivity contribution in [1.29, 1.82) is 0 Å². The summed E-state index contributed by atoms with van der Waals surface area (Å²) in [6.07, 6.45) is 0.862. The Balaban J connectivity index is 1.09. The van der Waals surface area contributed by atoms with Crippen LogP contribution in [0.25, 0.3) is 89.5 Å². The summed E-state index contributed by atoms with van der Waals surface area (Å²) in [6, 6.07) is 57.0. The molecule has 0 saturated carbocycles. The number of nitrogens with zero attached hydrogens (tertiary/aromatic N) is 3. The molecule has 50 heavy (non-hydrogen) atoms. The second kappa shape index (κ2) is 11.5. The summed E-state index contributed by atoms with van der Waals surface area (Å²) < 4.78 is 6.58. The molecule has 0 radical (unpaired) electrons. The van der Waals surface area contributed by atoms with Gasteiger partial charge in [-0.2, -0.15) is 0 Å². The van der Waals surface area contributed by atoms with Crippen LogP contribution in [-0.2, 0) is 6.42 Å². The number of benzene rings is 7. The van der Waals surface area contributed by atoms with E-state index in [9.17, 15) is 0 Å². The summed E-state index contributed by atoms with van der Waals surface area (Å²) in [5.41, 5.74) is 14.4. The van der Waals surface area contributed by atoms with Crippen LogP contribution in [0, 0.1) is 0 Å². The lowest BCUT2D eigenvalue weighted by Crippen LogP contribution is -2.00. The Morgan fingerprint density at radius 2 is 0.940 bits per heavy atom. The number of aromatic nitrogens is 3. The van der Waals surface area contributed by atoms with Crippen molar-refractivity contribution in [3.8, 4) is 67.5 Å². The predicted molar refractivity (Wildman–Crippen MR) is 203 cm³/mol. The van der Waals surface area contributed by atoms with E-state index in [-0.39, 0.29) is 0 Å². The molecule has 2 heterocycles. The van der Waals surface area contributed by atoms with E-state index in [0.717, 1.165) is 56.2 Å². The van der Waals surface area contributed by atoms with Crippen LogP contribution in [0.5, 0.6) is 0 Å². The quantitative estimate of drug-likeness (QED) is 0.188. The smallest absolute Gasteiger partial charge is 0.164 e. The Morgan fingerprint density at radius 1 is 0.380 bits per heavy atom. The molecule has 0 fully saturated rings. The van der Waals surface area contributed by atoms with Crippen molar-refractivity contribution < 1.29 is 4.42 Å². The Labute approximate surface area is 289 Å². The largest absolute Gasteiger partial charge is 0.455 e. The number of rotatable bonds is 5. The predicted octanol–water partition coefficient (Wildman–Crippen LogP) is 11.7. The average Bonchev–Trinajstić information content (AvgIpc) is 3.76. The van der Waals surface area contributed by atoms with Crippen molar-refractivity contribution in [1.82, 2.24) is 15.0 Å². The maximum atomic E-state index is 6.58. The Bertz CT molecular complexity index is 2720. The average molecular weight is 640 g/mol. The molecule has 0 saturated heterocycles. The molecule has 0 unspecified atom stereocenters. The molecular formula is C46H29N3O. The van der Waals surface area contributed by atoms with Crippen molar-refractivity contribution in [2.75, 3.05) is 0 Å². The van der Waals surface area contributed by atoms with E-state index in [4.69, 9.17) is 19.4 Å². The third kappa shape index (κ3) is 4.73. The first-order valence-corrected chi connectivity index (χ1v) is 16.9. The van der Waals surface area contributed by atoms with E-state index in [1.54, 1.807) is 0 Å². The highest BCUT2D eigenvalue weighted by Gasteiger charge is 2.23. The van der Waals surface area contributed by atoms with Crippen LogP contribution in [0.4, 0.5) is 0 Å². The van der Waals surface area contributed by atoms with Gasteiger partial charge < -0.3 is 4.42 Å². The summed E-state index contributed by atoms with van der Waals surface area (Å²) in [6.45, 7) is 0. The molecule has 0 amide bonds. The maximum Gasteiger partial charge on any atom is 0.164 e. The molecule has 0 aliphatic heterocycles. The van der Waals surface area contributed by atoms with E-state index >= 15 is 0 Å². The van der Waals surface area contributed by atoms with Gasteiger partial charge in [-0.15, -0.1) is 0 Å². The standard InChI is InChI=1S/C46H29N3O/c1-4-12-29(13-5-1)35-18-10-20-38-36-24-22-32(26-34(36)27-41(35)38)45-47-44(31-16-8-3-9-17-31)48-46(49-45)33-23-25-39-40-21-11-19-37(30-14-6-2-7-15-30)43(40)50-42(39)28-33/h1-26,28H,27H2. The van der Waals surface area contributed by atoms with E-state index in [2.05, 4.69) is 127 Å². The Hall–Kier alpha value is -6.65. The Morgan fingerprint density at radius 3 is 1.66 bits per heavy atom. The molecule has 4 nitrogen and oxygen atoms in total. The summed E-state index contributed by atoms with van der Waals surface area (Å²) in [7, 11) is 0. The van der Waals surface area contributed by atoms with Gasteiger partial charge in [-0.05, 0) is 63.6 Å². The van der Waals surface area contributed by atoms with Crippen LogP contribution in [0.1, 0.15) is 11.1 Å². The fraction of sp³-hybridized carbons (Fsp3) is 0.0217. The van der Waals surface area contributed by atoms with Gasteiger partial charge in [-0.1, -0.05) is 146 Å². The van der Waals surface area contributed by atoms with Gasteiger partial charge in [0.1, 0.15) is 11.2 Å². The van der Waals surface area contributed by atoms with Crippen LogP contribution >= 0.6 is 0 Å². The lowest BCUT2D eigenvalue weighted by molar-refractivity contribution is 0.670. The molecular weight excluding hydrogens is 611 g/mol. The van der Waals surface area contributed by atoms with Gasteiger partial charge in [0, 0.05) is 33.0 Å². The maximum absolute atomic E-state index is 6.58. The second-order valence-electron chi connectivity index (χ2n) is 12.8. The SMILES string of the molecule is c1ccc(-c2nc(-c3ccc4c(c3)Cc3c(-c5ccccc5)cccc3-4)nc(-c3ccc4c(c3)oc3c(-c5ccccc5)cccc34)n2)cc1. The highest BCUT2D eigenvalue weighted by Crippen LogP contribution is 2.43. The van der Waals surface area contributed by atoms with Crippen molar-refractivity contribution in [3.05, 3.63) is 175 Å². The topological polar surface area (TPSA) is 51.8 Å². The molecule has 234 valence electrons. The van der Waals surface area contributed by atoms with Gasteiger partial charge in [0.25, 0.3) is 0 Å². The lowest BCUT2D eigenvalue weighted by atomic mass is 9.96. The van der Waals surface area contributed by atoms with Crippen LogP contribution in [0.2, 0.25) is 0 Å². The zero-order valence-corrected chi connectivity index (χ0v) is 27.0. The minimum Gasteiger partial charge on any atom is -0.455 e. The molecule has 2 aromatic heterocycles. The van der Waals surface area contributed by atoms with Gasteiger partial charge in [0.2, 0.25) is 0 Å². The monoisotopic (exact) mass is 639 g/mol. The number of furan rings is 1. The number of hydrogen-bond acceptors (Lipinski definition) is 4. The molecule has 1 aliphatic carbocycles. The van der Waals surface area contributed by atoms with E-state index in [0.29, 0.717) is 17.5 Å². The number of para-hydroxylation sites is 1. The van der Waals surface area contributed by atoms with Crippen LogP contribution in [0.3, 0.4) is 0 Å². The van der Waals surface area contributed by atoms with Gasteiger partial charge in [0.15, 0.2) is 17.5 Å². The number of fused-ring (bicyclic) bond motifs is 6. The minimum atomic E-state index is 0.606. The summed E-state index contributed by atoms with van der Waals surface area (Å²) in [5.74, 6) is 1.89.